The molecule has 2 aliphatic heterocycles. The molecule has 3 heterocycles. The SMILES string of the molecule is COc1cccc2c1OCC(CN1CCOC(c3nnnn3C)C1)=C2. The van der Waals surface area contributed by atoms with Crippen LogP contribution in [0, 0.1) is 0 Å². The summed E-state index contributed by atoms with van der Waals surface area (Å²) in [6, 6.07) is 5.94. The Bertz CT molecular complexity index is 788. The number of morpholine rings is 1. The lowest BCUT2D eigenvalue weighted by molar-refractivity contribution is -0.0334. The molecule has 1 saturated heterocycles. The molecule has 2 aromatic rings. The number of aromatic nitrogens is 4. The van der Waals surface area contributed by atoms with Crippen molar-refractivity contribution in [2.75, 3.05) is 40.0 Å². The summed E-state index contributed by atoms with van der Waals surface area (Å²) in [7, 11) is 3.49. The maximum Gasteiger partial charge on any atom is 0.181 e. The molecule has 8 heteroatoms. The van der Waals surface area contributed by atoms with Gasteiger partial charge in [0, 0.05) is 32.2 Å². The molecule has 0 spiro atoms. The number of fused-ring (bicyclic) bond motifs is 1. The van der Waals surface area contributed by atoms with Crippen LogP contribution in [-0.2, 0) is 11.8 Å². The predicted octanol–water partition coefficient (Wildman–Crippen LogP) is 1.07. The first kappa shape index (κ1) is 16.0. The molecule has 1 aromatic heterocycles. The number of tetrazole rings is 1. The summed E-state index contributed by atoms with van der Waals surface area (Å²) < 4.78 is 18.8. The van der Waals surface area contributed by atoms with E-state index in [1.807, 2.05) is 25.2 Å². The minimum absolute atomic E-state index is 0.105. The van der Waals surface area contributed by atoms with Gasteiger partial charge in [0.15, 0.2) is 17.3 Å². The second-order valence-electron chi connectivity index (χ2n) is 6.23. The summed E-state index contributed by atoms with van der Waals surface area (Å²) >= 11 is 0. The third-order valence-corrected chi connectivity index (χ3v) is 4.51. The topological polar surface area (TPSA) is 74.5 Å². The van der Waals surface area contributed by atoms with Gasteiger partial charge in [-0.25, -0.2) is 4.68 Å². The number of hydrogen-bond acceptors (Lipinski definition) is 7. The Balaban J connectivity index is 1.47. The molecule has 2 aliphatic rings. The lowest BCUT2D eigenvalue weighted by Crippen LogP contribution is -2.40. The van der Waals surface area contributed by atoms with Crippen molar-refractivity contribution >= 4 is 6.08 Å². The number of ether oxygens (including phenoxy) is 3. The first-order chi connectivity index (χ1) is 12.2. The van der Waals surface area contributed by atoms with E-state index < -0.39 is 0 Å². The number of para-hydroxylation sites is 1. The van der Waals surface area contributed by atoms with E-state index in [0.29, 0.717) is 13.2 Å². The molecule has 25 heavy (non-hydrogen) atoms. The summed E-state index contributed by atoms with van der Waals surface area (Å²) in [4.78, 5) is 2.35. The van der Waals surface area contributed by atoms with Crippen molar-refractivity contribution < 1.29 is 14.2 Å². The first-order valence-corrected chi connectivity index (χ1v) is 8.30. The standard InChI is InChI=1S/C17H21N5O3/c1-21-17(18-19-20-21)15-10-22(6-7-24-15)9-12-8-13-4-3-5-14(23-2)16(13)25-11-12/h3-5,8,15H,6-7,9-11H2,1-2H3. The Labute approximate surface area is 146 Å². The Morgan fingerprint density at radius 1 is 1.36 bits per heavy atom. The summed E-state index contributed by atoms with van der Waals surface area (Å²) in [6.45, 7) is 3.71. The Morgan fingerprint density at radius 2 is 2.28 bits per heavy atom. The van der Waals surface area contributed by atoms with Crippen LogP contribution in [0.2, 0.25) is 0 Å². The molecule has 4 rings (SSSR count). The van der Waals surface area contributed by atoms with Gasteiger partial charge < -0.3 is 14.2 Å². The van der Waals surface area contributed by atoms with Crippen LogP contribution in [0.3, 0.4) is 0 Å². The van der Waals surface area contributed by atoms with Gasteiger partial charge in [0.25, 0.3) is 0 Å². The van der Waals surface area contributed by atoms with E-state index in [2.05, 4.69) is 26.5 Å². The highest BCUT2D eigenvalue weighted by molar-refractivity contribution is 5.66. The zero-order valence-electron chi connectivity index (χ0n) is 14.4. The highest BCUT2D eigenvalue weighted by atomic mass is 16.5. The fourth-order valence-corrected chi connectivity index (χ4v) is 3.28. The predicted molar refractivity (Wildman–Crippen MR) is 90.4 cm³/mol. The number of nitrogens with zero attached hydrogens (tertiary/aromatic N) is 5. The second kappa shape index (κ2) is 6.81. The van der Waals surface area contributed by atoms with Gasteiger partial charge in [0.05, 0.1) is 13.7 Å². The Kier molecular flexibility index (Phi) is 4.37. The molecule has 1 atom stereocenters. The van der Waals surface area contributed by atoms with Gasteiger partial charge in [-0.3, -0.25) is 4.90 Å². The van der Waals surface area contributed by atoms with Crippen molar-refractivity contribution in [3.05, 3.63) is 35.2 Å². The zero-order chi connectivity index (χ0) is 17.2. The molecule has 1 aromatic carbocycles. The largest absolute Gasteiger partial charge is 0.493 e. The third-order valence-electron chi connectivity index (χ3n) is 4.51. The number of aryl methyl sites for hydroxylation is 1. The van der Waals surface area contributed by atoms with Crippen LogP contribution < -0.4 is 9.47 Å². The normalized spacial score (nSPS) is 20.6. The summed E-state index contributed by atoms with van der Waals surface area (Å²) in [5.74, 6) is 2.35. The van der Waals surface area contributed by atoms with Crippen molar-refractivity contribution in [1.29, 1.82) is 0 Å². The van der Waals surface area contributed by atoms with Gasteiger partial charge in [-0.2, -0.15) is 0 Å². The monoisotopic (exact) mass is 343 g/mol. The van der Waals surface area contributed by atoms with E-state index in [1.165, 1.54) is 5.57 Å². The van der Waals surface area contributed by atoms with E-state index in [1.54, 1.807) is 11.8 Å². The van der Waals surface area contributed by atoms with E-state index in [-0.39, 0.29) is 6.10 Å². The van der Waals surface area contributed by atoms with Gasteiger partial charge in [-0.1, -0.05) is 12.1 Å². The fourth-order valence-electron chi connectivity index (χ4n) is 3.28. The van der Waals surface area contributed by atoms with Crippen molar-refractivity contribution in [3.8, 4) is 11.5 Å². The van der Waals surface area contributed by atoms with Crippen LogP contribution >= 0.6 is 0 Å². The minimum atomic E-state index is -0.105. The number of hydrogen-bond donors (Lipinski definition) is 0. The van der Waals surface area contributed by atoms with E-state index in [9.17, 15) is 0 Å². The molecule has 1 fully saturated rings. The third kappa shape index (κ3) is 3.22. The summed E-state index contributed by atoms with van der Waals surface area (Å²) in [6.07, 6.45) is 2.08. The number of rotatable bonds is 4. The van der Waals surface area contributed by atoms with Crippen LogP contribution in [0.15, 0.2) is 23.8 Å². The van der Waals surface area contributed by atoms with Crippen LogP contribution in [0.5, 0.6) is 11.5 Å². The van der Waals surface area contributed by atoms with Gasteiger partial charge in [0.1, 0.15) is 12.7 Å². The molecule has 0 saturated carbocycles. The van der Waals surface area contributed by atoms with Gasteiger partial charge >= 0.3 is 0 Å². The summed E-state index contributed by atoms with van der Waals surface area (Å²) in [5.41, 5.74) is 2.29. The number of benzene rings is 1. The Morgan fingerprint density at radius 3 is 3.08 bits per heavy atom. The van der Waals surface area contributed by atoms with Crippen molar-refractivity contribution in [3.63, 3.8) is 0 Å². The van der Waals surface area contributed by atoms with Crippen LogP contribution in [-0.4, -0.2) is 65.1 Å². The minimum Gasteiger partial charge on any atom is -0.493 e. The van der Waals surface area contributed by atoms with Crippen molar-refractivity contribution in [2.24, 2.45) is 7.05 Å². The molecule has 8 nitrogen and oxygen atoms in total. The molecule has 0 amide bonds. The highest BCUT2D eigenvalue weighted by Gasteiger charge is 2.27. The molecule has 0 aliphatic carbocycles. The average Bonchev–Trinajstić information content (AvgIpc) is 3.07. The zero-order valence-corrected chi connectivity index (χ0v) is 14.4. The van der Waals surface area contributed by atoms with Crippen molar-refractivity contribution in [1.82, 2.24) is 25.1 Å². The molecule has 0 N–H and O–H groups in total. The first-order valence-electron chi connectivity index (χ1n) is 8.30. The lowest BCUT2D eigenvalue weighted by atomic mass is 10.1. The lowest BCUT2D eigenvalue weighted by Gasteiger charge is -2.33. The molecule has 0 radical (unpaired) electrons. The quantitative estimate of drug-likeness (QED) is 0.822. The Hall–Kier alpha value is -2.45. The smallest absolute Gasteiger partial charge is 0.181 e. The molecular formula is C17H21N5O3. The molecule has 0 bridgehead atoms. The maximum absolute atomic E-state index is 5.93. The van der Waals surface area contributed by atoms with Crippen LogP contribution in [0.4, 0.5) is 0 Å². The second-order valence-corrected chi connectivity index (χ2v) is 6.23. The van der Waals surface area contributed by atoms with E-state index in [4.69, 9.17) is 14.2 Å². The van der Waals surface area contributed by atoms with Crippen LogP contribution in [0.25, 0.3) is 6.08 Å². The van der Waals surface area contributed by atoms with E-state index in [0.717, 1.165) is 42.5 Å². The van der Waals surface area contributed by atoms with Gasteiger partial charge in [-0.05, 0) is 28.1 Å². The van der Waals surface area contributed by atoms with Crippen LogP contribution in [0.1, 0.15) is 17.5 Å². The average molecular weight is 343 g/mol. The molecular weight excluding hydrogens is 322 g/mol. The maximum atomic E-state index is 5.93. The van der Waals surface area contributed by atoms with Gasteiger partial charge in [-0.15, -0.1) is 5.10 Å². The van der Waals surface area contributed by atoms with Crippen molar-refractivity contribution in [2.45, 2.75) is 6.10 Å². The summed E-state index contributed by atoms with van der Waals surface area (Å²) in [5, 5.41) is 11.7. The molecule has 132 valence electrons. The number of methoxy groups -OCH3 is 1. The highest BCUT2D eigenvalue weighted by Crippen LogP contribution is 2.35. The van der Waals surface area contributed by atoms with Gasteiger partial charge in [0.2, 0.25) is 0 Å². The fraction of sp³-hybridized carbons (Fsp3) is 0.471. The van der Waals surface area contributed by atoms with E-state index >= 15 is 0 Å². The molecule has 1 unspecified atom stereocenters.